The van der Waals surface area contributed by atoms with E-state index in [-0.39, 0.29) is 24.0 Å². The maximum absolute atomic E-state index is 12.7. The summed E-state index contributed by atoms with van der Waals surface area (Å²) in [7, 11) is 0. The average Bonchev–Trinajstić information content (AvgIpc) is 3.13. The summed E-state index contributed by atoms with van der Waals surface area (Å²) in [5.41, 5.74) is 3.29. The van der Waals surface area contributed by atoms with Crippen LogP contribution in [0, 0.1) is 0 Å². The molecule has 5 aromatic rings. The smallest absolute Gasteiger partial charge is 0.411 e. The Morgan fingerprint density at radius 3 is 2.42 bits per heavy atom. The highest BCUT2D eigenvalue weighted by molar-refractivity contribution is 5.91. The highest BCUT2D eigenvalue weighted by Crippen LogP contribution is 2.29. The molecule has 0 spiro atoms. The van der Waals surface area contributed by atoms with Gasteiger partial charge in [-0.3, -0.25) is 15.0 Å². The summed E-state index contributed by atoms with van der Waals surface area (Å²) in [5.74, 6) is 1.35. The third kappa shape index (κ3) is 9.20. The molecule has 4 aromatic carbocycles. The van der Waals surface area contributed by atoms with Crippen molar-refractivity contribution in [3.8, 4) is 28.4 Å². The van der Waals surface area contributed by atoms with Crippen molar-refractivity contribution in [3.05, 3.63) is 119 Å². The van der Waals surface area contributed by atoms with Gasteiger partial charge in [0.1, 0.15) is 36.6 Å². The highest BCUT2D eigenvalue weighted by atomic mass is 16.6. The van der Waals surface area contributed by atoms with Crippen LogP contribution < -0.4 is 25.7 Å². The summed E-state index contributed by atoms with van der Waals surface area (Å²) in [6.45, 7) is 4.06. The van der Waals surface area contributed by atoms with Crippen molar-refractivity contribution in [1.29, 1.82) is 0 Å². The average molecular weight is 679 g/mol. The molecule has 0 radical (unpaired) electrons. The van der Waals surface area contributed by atoms with Crippen LogP contribution in [0.4, 0.5) is 10.5 Å². The number of aliphatic hydroxyl groups is 1. The first-order valence-corrected chi connectivity index (χ1v) is 16.9. The number of carbonyl (C=O) groups excluding carboxylic acids is 1. The van der Waals surface area contributed by atoms with E-state index in [1.54, 1.807) is 12.1 Å². The zero-order valence-corrected chi connectivity index (χ0v) is 27.7. The Morgan fingerprint density at radius 2 is 1.62 bits per heavy atom. The minimum Gasteiger partial charge on any atom is -0.506 e. The van der Waals surface area contributed by atoms with E-state index < -0.39 is 12.2 Å². The van der Waals surface area contributed by atoms with Crippen molar-refractivity contribution in [2.45, 2.75) is 25.0 Å². The monoisotopic (exact) mass is 678 g/mol. The number of anilines is 1. The number of benzene rings is 4. The molecule has 0 saturated carbocycles. The maximum Gasteiger partial charge on any atom is 0.411 e. The second-order valence-corrected chi connectivity index (χ2v) is 12.2. The van der Waals surface area contributed by atoms with E-state index in [2.05, 4.69) is 20.5 Å². The number of H-pyrrole nitrogens is 1. The third-order valence-electron chi connectivity index (χ3n) is 8.69. The minimum atomic E-state index is -0.841. The molecule has 1 amide bonds. The molecule has 1 aromatic heterocycles. The number of amides is 1. The van der Waals surface area contributed by atoms with E-state index in [9.17, 15) is 19.8 Å². The number of phenolic OH excluding ortho intramolecular Hbond substituents is 1. The fourth-order valence-electron chi connectivity index (χ4n) is 6.09. The number of ether oxygens (including phenoxy) is 3. The number of nitrogens with one attached hydrogen (secondary N) is 3. The van der Waals surface area contributed by atoms with E-state index in [0.29, 0.717) is 47.7 Å². The van der Waals surface area contributed by atoms with Crippen LogP contribution in [-0.4, -0.2) is 78.2 Å². The number of aromatic amines is 1. The van der Waals surface area contributed by atoms with E-state index in [0.717, 1.165) is 49.3 Å². The van der Waals surface area contributed by atoms with Gasteiger partial charge in [0.05, 0.1) is 17.3 Å². The number of fused-ring (bicyclic) bond motifs is 1. The first-order valence-electron chi connectivity index (χ1n) is 16.9. The number of aliphatic hydroxyl groups excluding tert-OH is 1. The number of carbonyl (C=O) groups is 1. The van der Waals surface area contributed by atoms with Gasteiger partial charge in [0, 0.05) is 55.8 Å². The number of hydrogen-bond acceptors (Lipinski definition) is 9. The van der Waals surface area contributed by atoms with Crippen LogP contribution in [0.15, 0.2) is 108 Å². The van der Waals surface area contributed by atoms with Gasteiger partial charge in [0.15, 0.2) is 0 Å². The Morgan fingerprint density at radius 1 is 0.880 bits per heavy atom. The number of phenols is 1. The van der Waals surface area contributed by atoms with Gasteiger partial charge >= 0.3 is 6.09 Å². The first-order chi connectivity index (χ1) is 24.4. The molecule has 1 fully saturated rings. The molecule has 0 aliphatic carbocycles. The summed E-state index contributed by atoms with van der Waals surface area (Å²) in [6.07, 6.45) is 0.102. The van der Waals surface area contributed by atoms with Crippen LogP contribution in [0.1, 0.15) is 24.5 Å². The molecule has 6 rings (SSSR count). The van der Waals surface area contributed by atoms with Crippen LogP contribution in [0.5, 0.6) is 17.2 Å². The Hall–Kier alpha value is -5.36. The van der Waals surface area contributed by atoms with E-state index >= 15 is 0 Å². The number of piperidine rings is 1. The predicted octanol–water partition coefficient (Wildman–Crippen LogP) is 5.69. The van der Waals surface area contributed by atoms with E-state index in [4.69, 9.17) is 14.2 Å². The summed E-state index contributed by atoms with van der Waals surface area (Å²) >= 11 is 0. The third-order valence-corrected chi connectivity index (χ3v) is 8.69. The van der Waals surface area contributed by atoms with Gasteiger partial charge < -0.3 is 34.7 Å². The number of para-hydroxylation sites is 1. The van der Waals surface area contributed by atoms with Crippen LogP contribution in [0.2, 0.25) is 0 Å². The van der Waals surface area contributed by atoms with Crippen molar-refractivity contribution in [1.82, 2.24) is 15.2 Å². The molecular weight excluding hydrogens is 636 g/mol. The number of nitrogens with zero attached hydrogens (tertiary/aromatic N) is 1. The van der Waals surface area contributed by atoms with Crippen molar-refractivity contribution in [2.24, 2.45) is 0 Å². The number of likely N-dealkylation sites (tertiary alicyclic amines) is 1. The lowest BCUT2D eigenvalue weighted by molar-refractivity contribution is 0.0548. The van der Waals surface area contributed by atoms with Crippen molar-refractivity contribution in [3.63, 3.8) is 0 Å². The zero-order chi connectivity index (χ0) is 34.7. The number of rotatable bonds is 14. The van der Waals surface area contributed by atoms with Gasteiger partial charge in [-0.1, -0.05) is 60.7 Å². The van der Waals surface area contributed by atoms with Crippen molar-refractivity contribution >= 4 is 22.7 Å². The molecule has 0 bridgehead atoms. The molecular formula is C39H42N4O7. The molecule has 11 nitrogen and oxygen atoms in total. The highest BCUT2D eigenvalue weighted by Gasteiger charge is 2.23. The standard InChI is InChI=1S/C39H42N4O7/c44-35-15-13-32(33-14-16-37(46)42-38(33)35)36(45)26-40-19-23-48-29-9-6-10-30(25-29)49-24-22-43-20-17-28(18-21-43)50-39(47)41-34-12-5-4-11-31(34)27-7-2-1-3-8-27/h1-16,25,28,36,40,44-45H,17-24,26H2,(H,41,47)(H,42,46)/t36-/m0/s1. The molecule has 0 unspecified atom stereocenters. The van der Waals surface area contributed by atoms with Gasteiger partial charge in [-0.05, 0) is 54.3 Å². The predicted molar refractivity (Wildman–Crippen MR) is 193 cm³/mol. The van der Waals surface area contributed by atoms with Gasteiger partial charge in [-0.25, -0.2) is 4.79 Å². The number of aromatic nitrogens is 1. The van der Waals surface area contributed by atoms with Crippen LogP contribution in [0.3, 0.4) is 0 Å². The molecule has 260 valence electrons. The van der Waals surface area contributed by atoms with Gasteiger partial charge in [-0.2, -0.15) is 0 Å². The lowest BCUT2D eigenvalue weighted by atomic mass is 10.0. The van der Waals surface area contributed by atoms with Crippen molar-refractivity contribution < 1.29 is 29.2 Å². The lowest BCUT2D eigenvalue weighted by Gasteiger charge is -2.31. The molecule has 1 aliphatic rings. The number of pyridine rings is 1. The van der Waals surface area contributed by atoms with Crippen LogP contribution in [0.25, 0.3) is 22.0 Å². The molecule has 2 heterocycles. The Labute approximate surface area is 290 Å². The fourth-order valence-corrected chi connectivity index (χ4v) is 6.09. The van der Waals surface area contributed by atoms with Gasteiger partial charge in [0.2, 0.25) is 5.56 Å². The second-order valence-electron chi connectivity index (χ2n) is 12.2. The summed E-state index contributed by atoms with van der Waals surface area (Å²) in [4.78, 5) is 29.3. The summed E-state index contributed by atoms with van der Waals surface area (Å²) < 4.78 is 17.7. The largest absolute Gasteiger partial charge is 0.506 e. The fraction of sp³-hybridized carbons (Fsp3) is 0.282. The Balaban J connectivity index is 0.869. The van der Waals surface area contributed by atoms with E-state index in [1.165, 1.54) is 12.1 Å². The molecule has 1 aliphatic heterocycles. The second kappa shape index (κ2) is 16.8. The molecule has 1 atom stereocenters. The Kier molecular flexibility index (Phi) is 11.6. The Bertz CT molecular complexity index is 1930. The van der Waals surface area contributed by atoms with E-state index in [1.807, 2.05) is 78.9 Å². The quantitative estimate of drug-likeness (QED) is 0.0935. The van der Waals surface area contributed by atoms with Crippen LogP contribution in [-0.2, 0) is 4.74 Å². The van der Waals surface area contributed by atoms with Crippen molar-refractivity contribution in [2.75, 3.05) is 51.3 Å². The molecule has 1 saturated heterocycles. The number of hydrogen-bond donors (Lipinski definition) is 5. The SMILES string of the molecule is O=C(Nc1ccccc1-c1ccccc1)OC1CCN(CCOc2cccc(OCCNC[C@H](O)c3ccc(O)c4[nH]c(=O)ccc34)c2)CC1. The zero-order valence-electron chi connectivity index (χ0n) is 27.7. The van der Waals surface area contributed by atoms with Gasteiger partial charge in [-0.15, -0.1) is 0 Å². The molecule has 50 heavy (non-hydrogen) atoms. The molecule has 5 N–H and O–H groups in total. The summed E-state index contributed by atoms with van der Waals surface area (Å²) in [6, 6.07) is 31.2. The van der Waals surface area contributed by atoms with Crippen LogP contribution >= 0.6 is 0 Å². The lowest BCUT2D eigenvalue weighted by Crippen LogP contribution is -2.40. The minimum absolute atomic E-state index is 0.0448. The first kappa shape index (κ1) is 34.5. The molecule has 11 heteroatoms. The maximum atomic E-state index is 12.7. The normalized spacial score (nSPS) is 14.3. The number of aromatic hydroxyl groups is 1. The topological polar surface area (TPSA) is 145 Å². The summed E-state index contributed by atoms with van der Waals surface area (Å²) in [5, 5.41) is 27.5. The van der Waals surface area contributed by atoms with Gasteiger partial charge in [0.25, 0.3) is 0 Å².